The number of para-hydroxylation sites is 1. The van der Waals surface area contributed by atoms with Gasteiger partial charge in [0.15, 0.2) is 0 Å². The molecule has 1 saturated carbocycles. The highest BCUT2D eigenvalue weighted by Gasteiger charge is 2.34. The number of aromatic nitrogens is 2. The SMILES string of the molecule is Clc1nc(NC2(c3ccccc3)CCCCC2)c2ccccc2n1. The lowest BCUT2D eigenvalue weighted by molar-refractivity contribution is 0.330. The first-order chi connectivity index (χ1) is 11.8. The molecule has 0 radical (unpaired) electrons. The van der Waals surface area contributed by atoms with Crippen molar-refractivity contribution in [3.05, 3.63) is 65.4 Å². The summed E-state index contributed by atoms with van der Waals surface area (Å²) >= 11 is 6.17. The smallest absolute Gasteiger partial charge is 0.224 e. The van der Waals surface area contributed by atoms with Crippen molar-refractivity contribution in [2.45, 2.75) is 37.6 Å². The van der Waals surface area contributed by atoms with Gasteiger partial charge in [-0.3, -0.25) is 0 Å². The van der Waals surface area contributed by atoms with Crippen molar-refractivity contribution in [1.29, 1.82) is 0 Å². The molecule has 1 aliphatic carbocycles. The molecule has 4 heteroatoms. The molecule has 122 valence electrons. The van der Waals surface area contributed by atoms with Gasteiger partial charge in [-0.05, 0) is 42.1 Å². The molecule has 0 amide bonds. The van der Waals surface area contributed by atoms with Crippen LogP contribution in [0.2, 0.25) is 5.28 Å². The summed E-state index contributed by atoms with van der Waals surface area (Å²) in [5, 5.41) is 5.06. The number of halogens is 1. The van der Waals surface area contributed by atoms with Crippen molar-refractivity contribution < 1.29 is 0 Å². The van der Waals surface area contributed by atoms with Gasteiger partial charge in [0.25, 0.3) is 0 Å². The van der Waals surface area contributed by atoms with Gasteiger partial charge < -0.3 is 5.32 Å². The fraction of sp³-hybridized carbons (Fsp3) is 0.300. The molecule has 4 rings (SSSR count). The monoisotopic (exact) mass is 337 g/mol. The summed E-state index contributed by atoms with van der Waals surface area (Å²) in [6, 6.07) is 18.7. The van der Waals surface area contributed by atoms with Crippen molar-refractivity contribution in [3.63, 3.8) is 0 Å². The van der Waals surface area contributed by atoms with E-state index >= 15 is 0 Å². The molecule has 1 heterocycles. The Labute approximate surface area is 147 Å². The average molecular weight is 338 g/mol. The van der Waals surface area contributed by atoms with Gasteiger partial charge in [-0.15, -0.1) is 0 Å². The quantitative estimate of drug-likeness (QED) is 0.636. The third-order valence-corrected chi connectivity index (χ3v) is 5.14. The van der Waals surface area contributed by atoms with Crippen LogP contribution in [-0.2, 0) is 5.54 Å². The second kappa shape index (κ2) is 6.40. The van der Waals surface area contributed by atoms with E-state index in [2.05, 4.69) is 51.7 Å². The van der Waals surface area contributed by atoms with E-state index in [4.69, 9.17) is 11.6 Å². The normalized spacial score (nSPS) is 16.9. The van der Waals surface area contributed by atoms with E-state index in [0.29, 0.717) is 0 Å². The van der Waals surface area contributed by atoms with Gasteiger partial charge in [0.2, 0.25) is 5.28 Å². The Bertz CT molecular complexity index is 842. The molecular formula is C20H20ClN3. The number of nitrogens with one attached hydrogen (secondary N) is 1. The molecule has 1 fully saturated rings. The van der Waals surface area contributed by atoms with Crippen LogP contribution in [0.3, 0.4) is 0 Å². The maximum Gasteiger partial charge on any atom is 0.224 e. The number of fused-ring (bicyclic) bond motifs is 1. The van der Waals surface area contributed by atoms with Crippen LogP contribution in [0, 0.1) is 0 Å². The van der Waals surface area contributed by atoms with Crippen molar-refractivity contribution in [1.82, 2.24) is 9.97 Å². The highest BCUT2D eigenvalue weighted by Crippen LogP contribution is 2.40. The van der Waals surface area contributed by atoms with Crippen LogP contribution in [0.4, 0.5) is 5.82 Å². The predicted molar refractivity (Wildman–Crippen MR) is 99.4 cm³/mol. The number of hydrogen-bond donors (Lipinski definition) is 1. The molecule has 1 aromatic heterocycles. The van der Waals surface area contributed by atoms with E-state index in [1.165, 1.54) is 24.8 Å². The summed E-state index contributed by atoms with van der Waals surface area (Å²) < 4.78 is 0. The van der Waals surface area contributed by atoms with Crippen LogP contribution in [0.15, 0.2) is 54.6 Å². The van der Waals surface area contributed by atoms with E-state index in [1.54, 1.807) is 0 Å². The Hall–Kier alpha value is -2.13. The van der Waals surface area contributed by atoms with Gasteiger partial charge in [-0.1, -0.05) is 61.7 Å². The average Bonchev–Trinajstić information content (AvgIpc) is 2.63. The lowest BCUT2D eigenvalue weighted by atomic mass is 9.76. The first-order valence-electron chi connectivity index (χ1n) is 8.53. The fourth-order valence-corrected chi connectivity index (χ4v) is 3.94. The number of nitrogens with zero attached hydrogens (tertiary/aromatic N) is 2. The maximum absolute atomic E-state index is 6.17. The van der Waals surface area contributed by atoms with Crippen LogP contribution < -0.4 is 5.32 Å². The molecule has 0 saturated heterocycles. The fourth-order valence-electron chi connectivity index (χ4n) is 3.77. The Morgan fingerprint density at radius 2 is 1.54 bits per heavy atom. The van der Waals surface area contributed by atoms with Crippen LogP contribution in [0.1, 0.15) is 37.7 Å². The van der Waals surface area contributed by atoms with Crippen molar-refractivity contribution in [2.24, 2.45) is 0 Å². The van der Waals surface area contributed by atoms with Gasteiger partial charge in [0, 0.05) is 5.39 Å². The first-order valence-corrected chi connectivity index (χ1v) is 8.91. The number of benzene rings is 2. The topological polar surface area (TPSA) is 37.8 Å². The Balaban J connectivity index is 1.82. The highest BCUT2D eigenvalue weighted by atomic mass is 35.5. The first kappa shape index (κ1) is 15.4. The third kappa shape index (κ3) is 2.84. The van der Waals surface area contributed by atoms with Crippen molar-refractivity contribution in [2.75, 3.05) is 5.32 Å². The van der Waals surface area contributed by atoms with E-state index < -0.39 is 0 Å². The summed E-state index contributed by atoms with van der Waals surface area (Å²) in [5.74, 6) is 0.830. The van der Waals surface area contributed by atoms with Gasteiger partial charge >= 0.3 is 0 Å². The molecule has 3 aromatic rings. The molecule has 0 atom stereocenters. The third-order valence-electron chi connectivity index (χ3n) is 4.97. The molecule has 1 N–H and O–H groups in total. The van der Waals surface area contributed by atoms with Crippen LogP contribution in [0.5, 0.6) is 0 Å². The minimum absolute atomic E-state index is 0.0834. The van der Waals surface area contributed by atoms with Gasteiger partial charge in [-0.25, -0.2) is 9.97 Å². The van der Waals surface area contributed by atoms with E-state index in [1.807, 2.05) is 18.2 Å². The predicted octanol–water partition coefficient (Wildman–Crippen LogP) is 5.55. The lowest BCUT2D eigenvalue weighted by Gasteiger charge is -2.39. The van der Waals surface area contributed by atoms with Crippen molar-refractivity contribution >= 4 is 28.3 Å². The zero-order valence-electron chi connectivity index (χ0n) is 13.5. The second-order valence-electron chi connectivity index (χ2n) is 6.49. The summed E-state index contributed by atoms with van der Waals surface area (Å²) in [4.78, 5) is 8.85. The van der Waals surface area contributed by atoms with Crippen LogP contribution in [0.25, 0.3) is 10.9 Å². The van der Waals surface area contributed by atoms with Crippen LogP contribution >= 0.6 is 11.6 Å². The molecule has 3 nitrogen and oxygen atoms in total. The zero-order valence-corrected chi connectivity index (χ0v) is 14.3. The summed E-state index contributed by atoms with van der Waals surface area (Å²) in [7, 11) is 0. The zero-order chi connectivity index (χ0) is 16.4. The molecule has 0 aliphatic heterocycles. The molecule has 0 spiro atoms. The Morgan fingerprint density at radius 3 is 2.33 bits per heavy atom. The van der Waals surface area contributed by atoms with Gasteiger partial charge in [-0.2, -0.15) is 0 Å². The summed E-state index contributed by atoms with van der Waals surface area (Å²) in [6.45, 7) is 0. The summed E-state index contributed by atoms with van der Waals surface area (Å²) in [5.41, 5.74) is 2.11. The number of hydrogen-bond acceptors (Lipinski definition) is 3. The molecule has 24 heavy (non-hydrogen) atoms. The molecule has 0 unspecified atom stereocenters. The standard InChI is InChI=1S/C20H20ClN3/c21-19-22-17-12-6-5-11-16(17)18(23-19)24-20(13-7-2-8-14-20)15-9-3-1-4-10-15/h1,3-6,9-12H,2,7-8,13-14H2,(H,22,23,24). The van der Waals surface area contributed by atoms with Crippen molar-refractivity contribution in [3.8, 4) is 0 Å². The molecule has 1 aliphatic rings. The van der Waals surface area contributed by atoms with E-state index in [-0.39, 0.29) is 10.8 Å². The van der Waals surface area contributed by atoms with Crippen LogP contribution in [-0.4, -0.2) is 9.97 Å². The molecule has 0 bridgehead atoms. The van der Waals surface area contributed by atoms with E-state index in [9.17, 15) is 0 Å². The lowest BCUT2D eigenvalue weighted by Crippen LogP contribution is -2.37. The van der Waals surface area contributed by atoms with E-state index in [0.717, 1.165) is 29.6 Å². The maximum atomic E-state index is 6.17. The number of anilines is 1. The number of rotatable bonds is 3. The minimum atomic E-state index is -0.0834. The highest BCUT2D eigenvalue weighted by molar-refractivity contribution is 6.28. The Morgan fingerprint density at radius 1 is 0.833 bits per heavy atom. The summed E-state index contributed by atoms with van der Waals surface area (Å²) in [6.07, 6.45) is 5.94. The Kier molecular flexibility index (Phi) is 4.11. The van der Waals surface area contributed by atoms with Gasteiger partial charge in [0.1, 0.15) is 5.82 Å². The molecular weight excluding hydrogens is 318 g/mol. The largest absolute Gasteiger partial charge is 0.360 e. The minimum Gasteiger partial charge on any atom is -0.360 e. The van der Waals surface area contributed by atoms with Gasteiger partial charge in [0.05, 0.1) is 11.1 Å². The second-order valence-corrected chi connectivity index (χ2v) is 6.83. The molecule has 2 aromatic carbocycles.